The zero-order chi connectivity index (χ0) is 54.5. The highest BCUT2D eigenvalue weighted by Crippen LogP contribution is 2.36. The van der Waals surface area contributed by atoms with Crippen LogP contribution in [-0.4, -0.2) is 163 Å². The second-order valence-corrected chi connectivity index (χ2v) is 22.0. The van der Waals surface area contributed by atoms with Gasteiger partial charge in [-0.05, 0) is 124 Å². The molecule has 0 aliphatic carbocycles. The van der Waals surface area contributed by atoms with E-state index in [0.717, 1.165) is 90.8 Å². The van der Waals surface area contributed by atoms with Gasteiger partial charge in [0.15, 0.2) is 22.3 Å². The summed E-state index contributed by atoms with van der Waals surface area (Å²) in [4.78, 5) is 37.9. The molecule has 5 saturated heterocycles. The maximum atomic E-state index is 14.7. The van der Waals surface area contributed by atoms with Gasteiger partial charge in [0.1, 0.15) is 29.2 Å². The molecule has 18 nitrogen and oxygen atoms in total. The number of fused-ring (bicyclic) bond motifs is 8. The fraction of sp³-hybridized carbons (Fsp3) is 0.424. The fourth-order valence-corrected chi connectivity index (χ4v) is 12.2. The summed E-state index contributed by atoms with van der Waals surface area (Å²) in [6.45, 7) is 7.26. The minimum absolute atomic E-state index is 0.0580. The van der Waals surface area contributed by atoms with E-state index in [1.165, 1.54) is 12.1 Å². The van der Waals surface area contributed by atoms with Crippen molar-refractivity contribution < 1.29 is 28.5 Å². The molecule has 4 aromatic heterocycles. The lowest BCUT2D eigenvalue weighted by Crippen LogP contribution is -2.51. The Bertz CT molecular complexity index is 3670. The number of phenols is 2. The summed E-state index contributed by atoms with van der Waals surface area (Å²) in [5, 5.41) is 30.7. The molecule has 20 heteroatoms. The van der Waals surface area contributed by atoms with Gasteiger partial charge >= 0.3 is 0 Å². The van der Waals surface area contributed by atoms with Gasteiger partial charge in [0.2, 0.25) is 23.7 Å². The Kier molecular flexibility index (Phi) is 14.3. The molecule has 0 radical (unpaired) electrons. The lowest BCUT2D eigenvalue weighted by Gasteiger charge is -2.33. The van der Waals surface area contributed by atoms with Crippen LogP contribution in [0.15, 0.2) is 61.2 Å². The number of phenolic OH excluding ortho intramolecular Hbond substituents is 2. The van der Waals surface area contributed by atoms with Crippen LogP contribution in [0.25, 0.3) is 43.9 Å². The number of nitrogens with zero attached hydrogens (tertiary/aromatic N) is 12. The third-order valence-electron chi connectivity index (χ3n) is 16.0. The van der Waals surface area contributed by atoms with Gasteiger partial charge in [-0.1, -0.05) is 24.0 Å². The number of ether oxygens (including phenoxy) is 2. The molecule has 8 aromatic rings. The summed E-state index contributed by atoms with van der Waals surface area (Å²) < 4.78 is 45.8. The maximum absolute atomic E-state index is 14.7. The first-order valence-electron chi connectivity index (χ1n) is 27.3. The van der Waals surface area contributed by atoms with Crippen molar-refractivity contribution >= 4 is 55.8 Å². The molecule has 5 aliphatic heterocycles. The Hall–Kier alpha value is -7.88. The van der Waals surface area contributed by atoms with Crippen LogP contribution in [0.2, 0.25) is 0 Å². The minimum atomic E-state index is -0.473. The van der Waals surface area contributed by atoms with Gasteiger partial charge < -0.3 is 59.1 Å². The third-order valence-corrected chi connectivity index (χ3v) is 16.0. The summed E-state index contributed by atoms with van der Waals surface area (Å²) in [6.07, 6.45) is 22.1. The molecule has 0 saturated carbocycles. The summed E-state index contributed by atoms with van der Waals surface area (Å²) in [5.41, 5.74) is 4.10. The number of aromatic hydroxyl groups is 2. The average molecular weight is 1070 g/mol. The number of likely N-dealkylation sites (tertiary alicyclic amines) is 1. The number of hydrogen-bond acceptors (Lipinski definition) is 16. The van der Waals surface area contributed by atoms with Gasteiger partial charge in [0.05, 0.1) is 43.5 Å². The van der Waals surface area contributed by atoms with E-state index in [9.17, 15) is 19.0 Å². The van der Waals surface area contributed by atoms with Crippen LogP contribution in [0.3, 0.4) is 0 Å². The lowest BCUT2D eigenvalue weighted by molar-refractivity contribution is 0.111. The molecule has 4 atom stereocenters. The molecule has 9 heterocycles. The van der Waals surface area contributed by atoms with E-state index >= 15 is 0 Å². The standard InChI is InChI=1S/C30H32FN7O2.C29H32FN7O2/c1-3-24-25(31)7-4-18-12-22(39)13-19(26(18)24)14-38-17-32-27-28(38)34-30(37-15-20-5-6-21(16-37)33-20)35-29(27)40-23-8-10-36(2)11-9-23;1-4-23-24(30)9-6-18-12-22(38)13-19(25(18)23)14-37-17-31-26-27(37)33-29(34-28(26)39-11-5-10-35(2)3)36-15-20-7-8-21(16-36)32-20/h1,4,7,12-13,17,20-21,23,33,39H,5-6,8-11,14-16H2,2H3;1,6,9,12-13,17,20-21,32,38H,5,7-8,10-11,14-16H2,2-3H3. The number of aromatic nitrogens is 8. The number of nitrogens with one attached hydrogen (secondary N) is 2. The number of hydrogen-bond donors (Lipinski definition) is 4. The number of rotatable bonds is 13. The zero-order valence-electron chi connectivity index (χ0n) is 44.7. The minimum Gasteiger partial charge on any atom is -0.508 e. The molecule has 0 spiro atoms. The van der Waals surface area contributed by atoms with Gasteiger partial charge in [-0.15, -0.1) is 12.8 Å². The first-order chi connectivity index (χ1) is 38.3. The SMILES string of the molecule is C#Cc1c(F)ccc2cc(O)cc(Cn3cnc4c(OC5CCN(C)CC5)nc(N5CC6CCC(C5)N6)nc43)c12.C#Cc1c(F)ccc2cc(O)cc(Cn3cnc4c(OCCCN(C)C)nc(N5CC6CCC(C5)N6)nc43)c12. The molecule has 0 amide bonds. The van der Waals surface area contributed by atoms with Crippen molar-refractivity contribution in [2.24, 2.45) is 0 Å². The normalized spacial score (nSPS) is 20.3. The lowest BCUT2D eigenvalue weighted by atomic mass is 9.98. The molecular formula is C59H64F2N14O4. The number of halogens is 2. The Balaban J connectivity index is 0.000000158. The van der Waals surface area contributed by atoms with Crippen molar-refractivity contribution in [1.82, 2.24) is 59.5 Å². The number of imidazole rings is 2. The van der Waals surface area contributed by atoms with Crippen LogP contribution in [0, 0.1) is 36.3 Å². The molecular weight excluding hydrogens is 1010 g/mol. The van der Waals surface area contributed by atoms with E-state index in [0.29, 0.717) is 109 Å². The van der Waals surface area contributed by atoms with Gasteiger partial charge in [-0.2, -0.15) is 19.9 Å². The van der Waals surface area contributed by atoms with Crippen LogP contribution >= 0.6 is 0 Å². The first kappa shape index (κ1) is 51.9. The van der Waals surface area contributed by atoms with E-state index in [1.807, 2.05) is 23.2 Å². The monoisotopic (exact) mass is 1070 g/mol. The molecule has 408 valence electrons. The van der Waals surface area contributed by atoms with E-state index < -0.39 is 11.6 Å². The van der Waals surface area contributed by atoms with Crippen molar-refractivity contribution in [3.63, 3.8) is 0 Å². The quantitative estimate of drug-likeness (QED) is 0.0736. The number of benzene rings is 4. The van der Waals surface area contributed by atoms with Crippen molar-refractivity contribution in [3.05, 3.63) is 95.1 Å². The van der Waals surface area contributed by atoms with Crippen LogP contribution in [-0.2, 0) is 13.1 Å². The van der Waals surface area contributed by atoms with E-state index in [4.69, 9.17) is 42.3 Å². The van der Waals surface area contributed by atoms with Crippen LogP contribution in [0.1, 0.15) is 67.2 Å². The summed E-state index contributed by atoms with van der Waals surface area (Å²) in [6, 6.07) is 14.0. The zero-order valence-corrected chi connectivity index (χ0v) is 44.7. The number of piperazine rings is 2. The smallest absolute Gasteiger partial charge is 0.247 e. The van der Waals surface area contributed by atoms with E-state index in [-0.39, 0.29) is 41.8 Å². The fourth-order valence-electron chi connectivity index (χ4n) is 12.2. The Morgan fingerprint density at radius 2 is 1.13 bits per heavy atom. The molecule has 4 unspecified atom stereocenters. The third kappa shape index (κ3) is 10.6. The Morgan fingerprint density at radius 3 is 1.59 bits per heavy atom. The molecule has 4 bridgehead atoms. The number of piperidine rings is 1. The van der Waals surface area contributed by atoms with Crippen molar-refractivity contribution in [3.8, 4) is 47.9 Å². The Labute approximate surface area is 456 Å². The van der Waals surface area contributed by atoms with Gasteiger partial charge in [-0.3, -0.25) is 0 Å². The molecule has 79 heavy (non-hydrogen) atoms. The Morgan fingerprint density at radius 1 is 0.658 bits per heavy atom. The van der Waals surface area contributed by atoms with Crippen molar-refractivity contribution in [2.45, 2.75) is 88.3 Å². The topological polar surface area (TPSA) is 183 Å². The van der Waals surface area contributed by atoms with E-state index in [2.05, 4.69) is 59.1 Å². The van der Waals surface area contributed by atoms with Gasteiger partial charge in [0.25, 0.3) is 0 Å². The summed E-state index contributed by atoms with van der Waals surface area (Å²) >= 11 is 0. The van der Waals surface area contributed by atoms with Crippen LogP contribution in [0.4, 0.5) is 20.7 Å². The predicted molar refractivity (Wildman–Crippen MR) is 300 cm³/mol. The highest BCUT2D eigenvalue weighted by Gasteiger charge is 2.36. The highest BCUT2D eigenvalue weighted by atomic mass is 19.1. The van der Waals surface area contributed by atoms with Crippen molar-refractivity contribution in [1.29, 1.82) is 0 Å². The maximum Gasteiger partial charge on any atom is 0.247 e. The summed E-state index contributed by atoms with van der Waals surface area (Å²) in [7, 11) is 6.19. The average Bonchev–Trinajstić information content (AvgIpc) is 4.37. The second kappa shape index (κ2) is 21.7. The van der Waals surface area contributed by atoms with E-state index in [1.54, 1.807) is 49.1 Å². The second-order valence-electron chi connectivity index (χ2n) is 22.0. The molecule has 4 aromatic carbocycles. The van der Waals surface area contributed by atoms with Crippen molar-refractivity contribution in [2.75, 3.05) is 83.4 Å². The molecule has 5 aliphatic rings. The molecule has 4 N–H and O–H groups in total. The van der Waals surface area contributed by atoms with Crippen LogP contribution < -0.4 is 29.9 Å². The van der Waals surface area contributed by atoms with Crippen LogP contribution in [0.5, 0.6) is 23.3 Å². The predicted octanol–water partition coefficient (Wildman–Crippen LogP) is 6.39. The molecule has 13 rings (SSSR count). The summed E-state index contributed by atoms with van der Waals surface area (Å²) in [5.74, 6) is 6.39. The van der Waals surface area contributed by atoms with Gasteiger partial charge in [-0.25, -0.2) is 18.7 Å². The largest absolute Gasteiger partial charge is 0.508 e. The number of anilines is 2. The number of terminal acetylenes is 2. The molecule has 5 fully saturated rings. The highest BCUT2D eigenvalue weighted by molar-refractivity contribution is 5.94. The first-order valence-corrected chi connectivity index (χ1v) is 27.3. The van der Waals surface area contributed by atoms with Gasteiger partial charge in [0, 0.05) is 80.8 Å².